The summed E-state index contributed by atoms with van der Waals surface area (Å²) in [7, 11) is 0. The summed E-state index contributed by atoms with van der Waals surface area (Å²) in [6.45, 7) is 8.36. The highest BCUT2D eigenvalue weighted by Gasteiger charge is 2.20. The zero-order valence-corrected chi connectivity index (χ0v) is 22.1. The number of fused-ring (bicyclic) bond motifs is 1. The molecule has 2 fully saturated rings. The van der Waals surface area contributed by atoms with Gasteiger partial charge in [-0.1, -0.05) is 24.3 Å². The Morgan fingerprint density at radius 3 is 2.28 bits per heavy atom. The van der Waals surface area contributed by atoms with Crippen LogP contribution >= 0.6 is 0 Å². The van der Waals surface area contributed by atoms with Crippen molar-refractivity contribution in [3.8, 4) is 5.82 Å². The fourth-order valence-corrected chi connectivity index (χ4v) is 5.32. The molecule has 1 amide bonds. The van der Waals surface area contributed by atoms with Gasteiger partial charge in [-0.15, -0.1) is 10.2 Å². The second-order valence-corrected chi connectivity index (χ2v) is 9.93. The van der Waals surface area contributed by atoms with Crippen LogP contribution in [-0.4, -0.2) is 96.1 Å². The third kappa shape index (κ3) is 5.86. The summed E-state index contributed by atoms with van der Waals surface area (Å²) >= 11 is 0. The maximum Gasteiger partial charge on any atom is 0.224 e. The standard InChI is InChI=1S/C29H34N8O2/c38-29(31-11-12-34-17-19-39-20-18-34)21-23-22-37(25-6-2-1-5-24(23)25)28-9-8-27(32-33-28)36-15-13-35(14-16-36)26-7-3-4-10-30-26/h1-10,22H,11-21H2,(H,31,38). The number of hydrogen-bond donors (Lipinski definition) is 1. The number of rotatable bonds is 8. The molecule has 0 aliphatic carbocycles. The number of amides is 1. The summed E-state index contributed by atoms with van der Waals surface area (Å²) < 4.78 is 7.42. The fourth-order valence-electron chi connectivity index (χ4n) is 5.32. The molecule has 0 radical (unpaired) electrons. The van der Waals surface area contributed by atoms with E-state index in [1.807, 2.05) is 53.4 Å². The molecule has 10 nitrogen and oxygen atoms in total. The van der Waals surface area contributed by atoms with Crippen LogP contribution in [0.15, 0.2) is 67.0 Å². The van der Waals surface area contributed by atoms with E-state index in [0.29, 0.717) is 13.0 Å². The highest BCUT2D eigenvalue weighted by Crippen LogP contribution is 2.25. The Morgan fingerprint density at radius 1 is 0.821 bits per heavy atom. The molecule has 0 spiro atoms. The summed E-state index contributed by atoms with van der Waals surface area (Å²) in [5.41, 5.74) is 1.99. The fraction of sp³-hybridized carbons (Fsp3) is 0.379. The SMILES string of the molecule is O=C(Cc1cn(-c2ccc(N3CCN(c4ccccn4)CC3)nn2)c2ccccc12)NCCN1CCOCC1. The monoisotopic (exact) mass is 526 g/mol. The lowest BCUT2D eigenvalue weighted by Gasteiger charge is -2.35. The van der Waals surface area contributed by atoms with Gasteiger partial charge in [0.2, 0.25) is 5.91 Å². The van der Waals surface area contributed by atoms with Crippen LogP contribution in [0.1, 0.15) is 5.56 Å². The average molecular weight is 527 g/mol. The van der Waals surface area contributed by atoms with E-state index in [9.17, 15) is 4.79 Å². The molecule has 1 N–H and O–H groups in total. The number of nitrogens with one attached hydrogen (secondary N) is 1. The minimum Gasteiger partial charge on any atom is -0.379 e. The zero-order chi connectivity index (χ0) is 26.4. The third-order valence-corrected chi connectivity index (χ3v) is 7.46. The Kier molecular flexibility index (Phi) is 7.64. The predicted octanol–water partition coefficient (Wildman–Crippen LogP) is 2.13. The van der Waals surface area contributed by atoms with Gasteiger partial charge in [0.1, 0.15) is 5.82 Å². The Bertz CT molecular complexity index is 1380. The average Bonchev–Trinajstić information content (AvgIpc) is 3.36. The van der Waals surface area contributed by atoms with E-state index in [1.54, 1.807) is 0 Å². The first-order valence-corrected chi connectivity index (χ1v) is 13.7. The molecule has 10 heteroatoms. The number of morpholine rings is 1. The molecule has 0 unspecified atom stereocenters. The molecule has 202 valence electrons. The first-order chi connectivity index (χ1) is 19.2. The molecule has 0 saturated carbocycles. The van der Waals surface area contributed by atoms with E-state index < -0.39 is 0 Å². The number of aromatic nitrogens is 4. The molecule has 0 atom stereocenters. The van der Waals surface area contributed by atoms with Crippen LogP contribution in [0.3, 0.4) is 0 Å². The second kappa shape index (κ2) is 11.8. The maximum atomic E-state index is 12.8. The molecule has 2 saturated heterocycles. The lowest BCUT2D eigenvalue weighted by atomic mass is 10.1. The van der Waals surface area contributed by atoms with Crippen molar-refractivity contribution in [1.82, 2.24) is 30.0 Å². The van der Waals surface area contributed by atoms with E-state index in [-0.39, 0.29) is 5.91 Å². The van der Waals surface area contributed by atoms with Gasteiger partial charge >= 0.3 is 0 Å². The number of ether oxygens (including phenoxy) is 1. The minimum absolute atomic E-state index is 0.0254. The van der Waals surface area contributed by atoms with Crippen LogP contribution in [0.2, 0.25) is 0 Å². The van der Waals surface area contributed by atoms with Crippen molar-refractivity contribution in [2.75, 3.05) is 75.4 Å². The van der Waals surface area contributed by atoms with E-state index in [1.165, 1.54) is 0 Å². The molecule has 4 aromatic rings. The highest BCUT2D eigenvalue weighted by atomic mass is 16.5. The van der Waals surface area contributed by atoms with Crippen molar-refractivity contribution >= 4 is 28.4 Å². The van der Waals surface area contributed by atoms with Gasteiger partial charge in [-0.3, -0.25) is 14.3 Å². The number of anilines is 2. The van der Waals surface area contributed by atoms with Crippen LogP contribution in [-0.2, 0) is 16.0 Å². The maximum absolute atomic E-state index is 12.8. The topological polar surface area (TPSA) is 91.7 Å². The van der Waals surface area contributed by atoms with Gasteiger partial charge in [-0.05, 0) is 35.9 Å². The zero-order valence-electron chi connectivity index (χ0n) is 22.1. The number of carbonyl (C=O) groups excluding carboxylic acids is 1. The smallest absolute Gasteiger partial charge is 0.224 e. The molecule has 5 heterocycles. The number of pyridine rings is 1. The molecule has 1 aromatic carbocycles. The van der Waals surface area contributed by atoms with Gasteiger partial charge in [-0.25, -0.2) is 4.98 Å². The van der Waals surface area contributed by atoms with Crippen LogP contribution in [0, 0.1) is 0 Å². The van der Waals surface area contributed by atoms with Gasteiger partial charge in [0.25, 0.3) is 0 Å². The molecule has 2 aliphatic heterocycles. The highest BCUT2D eigenvalue weighted by molar-refractivity contribution is 5.90. The van der Waals surface area contributed by atoms with Crippen LogP contribution < -0.4 is 15.1 Å². The molecule has 3 aromatic heterocycles. The molecule has 6 rings (SSSR count). The van der Waals surface area contributed by atoms with E-state index in [4.69, 9.17) is 4.74 Å². The Labute approximate surface area is 228 Å². The number of nitrogens with zero attached hydrogens (tertiary/aromatic N) is 7. The Hall–Kier alpha value is -4.02. The minimum atomic E-state index is 0.0254. The molecule has 0 bridgehead atoms. The van der Waals surface area contributed by atoms with Gasteiger partial charge in [0, 0.05) is 70.1 Å². The molecule has 2 aliphatic rings. The number of carbonyl (C=O) groups is 1. The van der Waals surface area contributed by atoms with Crippen molar-refractivity contribution in [1.29, 1.82) is 0 Å². The van der Waals surface area contributed by atoms with E-state index in [2.05, 4.69) is 53.4 Å². The Morgan fingerprint density at radius 2 is 1.54 bits per heavy atom. The van der Waals surface area contributed by atoms with Crippen molar-refractivity contribution in [3.05, 3.63) is 72.6 Å². The second-order valence-electron chi connectivity index (χ2n) is 9.93. The first-order valence-electron chi connectivity index (χ1n) is 13.7. The summed E-state index contributed by atoms with van der Waals surface area (Å²) in [6.07, 6.45) is 4.17. The number of benzene rings is 1. The molecule has 39 heavy (non-hydrogen) atoms. The predicted molar refractivity (Wildman–Crippen MR) is 152 cm³/mol. The van der Waals surface area contributed by atoms with Crippen LogP contribution in [0.4, 0.5) is 11.6 Å². The first kappa shape index (κ1) is 25.3. The summed E-state index contributed by atoms with van der Waals surface area (Å²) in [6, 6.07) is 18.2. The van der Waals surface area contributed by atoms with Gasteiger partial charge in [0.15, 0.2) is 11.6 Å². The van der Waals surface area contributed by atoms with Crippen molar-refractivity contribution < 1.29 is 9.53 Å². The van der Waals surface area contributed by atoms with E-state index >= 15 is 0 Å². The van der Waals surface area contributed by atoms with Crippen molar-refractivity contribution in [2.45, 2.75) is 6.42 Å². The lowest BCUT2D eigenvalue weighted by molar-refractivity contribution is -0.120. The summed E-state index contributed by atoms with van der Waals surface area (Å²) in [4.78, 5) is 24.1. The van der Waals surface area contributed by atoms with Crippen LogP contribution in [0.25, 0.3) is 16.7 Å². The third-order valence-electron chi connectivity index (χ3n) is 7.46. The van der Waals surface area contributed by atoms with E-state index in [0.717, 1.165) is 92.9 Å². The Balaban J connectivity index is 1.10. The number of hydrogen-bond acceptors (Lipinski definition) is 8. The summed E-state index contributed by atoms with van der Waals surface area (Å²) in [5.74, 6) is 2.65. The molecular formula is C29H34N8O2. The van der Waals surface area contributed by atoms with Crippen molar-refractivity contribution in [2.24, 2.45) is 0 Å². The van der Waals surface area contributed by atoms with Gasteiger partial charge < -0.3 is 19.9 Å². The largest absolute Gasteiger partial charge is 0.379 e. The number of para-hydroxylation sites is 1. The van der Waals surface area contributed by atoms with Gasteiger partial charge in [0.05, 0.1) is 25.2 Å². The summed E-state index contributed by atoms with van der Waals surface area (Å²) in [5, 5.41) is 13.3. The lowest BCUT2D eigenvalue weighted by Crippen LogP contribution is -2.47. The van der Waals surface area contributed by atoms with Gasteiger partial charge in [-0.2, -0.15) is 0 Å². The molecular weight excluding hydrogens is 492 g/mol. The van der Waals surface area contributed by atoms with Crippen molar-refractivity contribution in [3.63, 3.8) is 0 Å². The van der Waals surface area contributed by atoms with Crippen LogP contribution in [0.5, 0.6) is 0 Å². The quantitative estimate of drug-likeness (QED) is 0.374. The normalized spacial score (nSPS) is 16.5. The number of piperazine rings is 1.